The first-order valence-electron chi connectivity index (χ1n) is 15.9. The minimum atomic E-state index is -0.226. The Morgan fingerprint density at radius 1 is 0.500 bits per heavy atom. The minimum Gasteiger partial charge on any atom is -0.453 e. The summed E-state index contributed by atoms with van der Waals surface area (Å²) in [6.45, 7) is 4.67. The Balaban J connectivity index is 1.17. The zero-order valence-corrected chi connectivity index (χ0v) is 25.8. The molecule has 2 aliphatic rings. The molecule has 2 heterocycles. The van der Waals surface area contributed by atoms with Crippen molar-refractivity contribution in [2.45, 2.75) is 19.3 Å². The molecule has 7 aromatic rings. The lowest BCUT2D eigenvalue weighted by molar-refractivity contribution is 0.472. The minimum absolute atomic E-state index is 0.226. The van der Waals surface area contributed by atoms with Crippen LogP contribution in [-0.4, -0.2) is 0 Å². The summed E-state index contributed by atoms with van der Waals surface area (Å²) in [5, 5.41) is 2.39. The highest BCUT2D eigenvalue weighted by Crippen LogP contribution is 2.61. The molecule has 220 valence electrons. The Hall–Kier alpha value is -5.80. The van der Waals surface area contributed by atoms with E-state index in [1.165, 1.54) is 38.7 Å². The summed E-state index contributed by atoms with van der Waals surface area (Å²) in [5.41, 5.74) is 11.6. The average Bonchev–Trinajstić information content (AvgIpc) is 3.11. The quantitative estimate of drug-likeness (QED) is 0.202. The maximum atomic E-state index is 6.58. The first-order valence-corrected chi connectivity index (χ1v) is 15.9. The topological polar surface area (TPSA) is 15.7 Å². The van der Waals surface area contributed by atoms with Gasteiger partial charge in [0.25, 0.3) is 0 Å². The van der Waals surface area contributed by atoms with Crippen LogP contribution in [0.5, 0.6) is 11.5 Å². The van der Waals surface area contributed by atoms with Crippen molar-refractivity contribution in [3.8, 4) is 22.6 Å². The van der Waals surface area contributed by atoms with Gasteiger partial charge in [-0.25, -0.2) is 0 Å². The van der Waals surface area contributed by atoms with Gasteiger partial charge in [-0.3, -0.25) is 0 Å². The van der Waals surface area contributed by atoms with Crippen LogP contribution in [0.3, 0.4) is 0 Å². The molecule has 0 amide bonds. The zero-order chi connectivity index (χ0) is 30.8. The molecular formula is C43H32N2O. The van der Waals surface area contributed by atoms with Gasteiger partial charge < -0.3 is 14.5 Å². The number of para-hydroxylation sites is 3. The SMILES string of the molecule is CC1(C)c2cc(-c3ccc(N(c4ccccc4)c4ccccc4)cc3)ccc2N2c3c(cccc31)Oc1ccc3ccccc3c12. The molecule has 0 bridgehead atoms. The summed E-state index contributed by atoms with van der Waals surface area (Å²) in [7, 11) is 0. The summed E-state index contributed by atoms with van der Waals surface area (Å²) in [5.74, 6) is 1.79. The molecule has 2 aliphatic heterocycles. The van der Waals surface area contributed by atoms with Crippen LogP contribution in [0.2, 0.25) is 0 Å². The molecule has 0 N–H and O–H groups in total. The van der Waals surface area contributed by atoms with Gasteiger partial charge in [0.2, 0.25) is 0 Å². The maximum absolute atomic E-state index is 6.58. The van der Waals surface area contributed by atoms with Crippen LogP contribution >= 0.6 is 0 Å². The second-order valence-electron chi connectivity index (χ2n) is 12.6. The van der Waals surface area contributed by atoms with Gasteiger partial charge in [-0.1, -0.05) is 111 Å². The van der Waals surface area contributed by atoms with Gasteiger partial charge in [0, 0.05) is 27.9 Å². The maximum Gasteiger partial charge on any atom is 0.152 e. The molecule has 0 saturated heterocycles. The molecule has 0 fully saturated rings. The van der Waals surface area contributed by atoms with Crippen molar-refractivity contribution in [1.29, 1.82) is 0 Å². The molecule has 0 aromatic heterocycles. The van der Waals surface area contributed by atoms with E-state index < -0.39 is 0 Å². The Morgan fingerprint density at radius 2 is 1.13 bits per heavy atom. The number of hydrogen-bond acceptors (Lipinski definition) is 3. The van der Waals surface area contributed by atoms with Crippen LogP contribution < -0.4 is 14.5 Å². The van der Waals surface area contributed by atoms with Gasteiger partial charge >= 0.3 is 0 Å². The number of hydrogen-bond donors (Lipinski definition) is 0. The van der Waals surface area contributed by atoms with E-state index in [9.17, 15) is 0 Å². The summed E-state index contributed by atoms with van der Waals surface area (Å²) in [6, 6.07) is 56.3. The molecule has 0 aliphatic carbocycles. The summed E-state index contributed by atoms with van der Waals surface area (Å²) >= 11 is 0. The second kappa shape index (κ2) is 10.1. The van der Waals surface area contributed by atoms with Crippen molar-refractivity contribution in [1.82, 2.24) is 0 Å². The fourth-order valence-corrected chi connectivity index (χ4v) is 7.32. The van der Waals surface area contributed by atoms with Gasteiger partial charge in [0.1, 0.15) is 0 Å². The van der Waals surface area contributed by atoms with Crippen LogP contribution in [0.15, 0.2) is 158 Å². The van der Waals surface area contributed by atoms with E-state index in [0.717, 1.165) is 39.9 Å². The Kier molecular flexibility index (Phi) is 5.85. The number of fused-ring (bicyclic) bond motifs is 6. The fraction of sp³-hybridized carbons (Fsp3) is 0.0698. The van der Waals surface area contributed by atoms with E-state index in [2.05, 4.69) is 181 Å². The van der Waals surface area contributed by atoms with E-state index in [4.69, 9.17) is 4.74 Å². The molecule has 0 spiro atoms. The van der Waals surface area contributed by atoms with Crippen molar-refractivity contribution >= 4 is 44.9 Å². The highest BCUT2D eigenvalue weighted by atomic mass is 16.5. The van der Waals surface area contributed by atoms with Crippen LogP contribution in [0.4, 0.5) is 34.1 Å². The van der Waals surface area contributed by atoms with Crippen LogP contribution in [0.25, 0.3) is 21.9 Å². The highest BCUT2D eigenvalue weighted by molar-refractivity contribution is 6.06. The van der Waals surface area contributed by atoms with Crippen molar-refractivity contribution in [2.75, 3.05) is 9.80 Å². The van der Waals surface area contributed by atoms with Gasteiger partial charge in [0.15, 0.2) is 11.5 Å². The van der Waals surface area contributed by atoms with Crippen molar-refractivity contribution in [3.63, 3.8) is 0 Å². The summed E-state index contributed by atoms with van der Waals surface area (Å²) in [6.07, 6.45) is 0. The van der Waals surface area contributed by atoms with Gasteiger partial charge in [-0.15, -0.1) is 0 Å². The Bertz CT molecular complexity index is 2220. The molecule has 46 heavy (non-hydrogen) atoms. The number of ether oxygens (including phenoxy) is 1. The third kappa shape index (κ3) is 3.98. The van der Waals surface area contributed by atoms with Gasteiger partial charge in [-0.2, -0.15) is 0 Å². The monoisotopic (exact) mass is 592 g/mol. The normalized spacial score (nSPS) is 13.7. The van der Waals surface area contributed by atoms with Crippen molar-refractivity contribution in [2.24, 2.45) is 0 Å². The molecule has 7 aromatic carbocycles. The van der Waals surface area contributed by atoms with Crippen LogP contribution in [0, 0.1) is 0 Å². The lowest BCUT2D eigenvalue weighted by atomic mass is 9.72. The predicted molar refractivity (Wildman–Crippen MR) is 191 cm³/mol. The average molecular weight is 593 g/mol. The van der Waals surface area contributed by atoms with Crippen molar-refractivity contribution in [3.05, 3.63) is 169 Å². The Morgan fingerprint density at radius 3 is 1.87 bits per heavy atom. The molecule has 0 radical (unpaired) electrons. The first kappa shape index (κ1) is 26.6. The molecular weight excluding hydrogens is 560 g/mol. The van der Waals surface area contributed by atoms with E-state index in [-0.39, 0.29) is 5.41 Å². The van der Waals surface area contributed by atoms with Crippen LogP contribution in [-0.2, 0) is 5.41 Å². The molecule has 0 unspecified atom stereocenters. The largest absolute Gasteiger partial charge is 0.453 e. The second-order valence-corrected chi connectivity index (χ2v) is 12.6. The third-order valence-electron chi connectivity index (χ3n) is 9.60. The number of anilines is 6. The smallest absolute Gasteiger partial charge is 0.152 e. The fourth-order valence-electron chi connectivity index (χ4n) is 7.32. The molecule has 0 atom stereocenters. The number of benzene rings is 7. The van der Waals surface area contributed by atoms with Gasteiger partial charge in [0.05, 0.1) is 17.1 Å². The summed E-state index contributed by atoms with van der Waals surface area (Å²) in [4.78, 5) is 4.74. The highest BCUT2D eigenvalue weighted by Gasteiger charge is 2.42. The molecule has 0 saturated carbocycles. The molecule has 3 nitrogen and oxygen atoms in total. The predicted octanol–water partition coefficient (Wildman–Crippen LogP) is 12.2. The molecule has 3 heteroatoms. The van der Waals surface area contributed by atoms with E-state index in [1.807, 2.05) is 0 Å². The van der Waals surface area contributed by atoms with E-state index in [0.29, 0.717) is 0 Å². The standard InChI is InChI=1S/C43H32N2O/c1-43(2)36-18-11-19-39-42(36)45(41-35-17-10-9-12-30(35)23-27-40(41)46-39)38-26-22-31(28-37(38)43)29-20-24-34(25-21-29)44(32-13-5-3-6-14-32)33-15-7-4-8-16-33/h3-28H,1-2H3. The van der Waals surface area contributed by atoms with Crippen molar-refractivity contribution < 1.29 is 4.74 Å². The lowest BCUT2D eigenvalue weighted by Crippen LogP contribution is -2.32. The third-order valence-corrected chi connectivity index (χ3v) is 9.60. The van der Waals surface area contributed by atoms with E-state index >= 15 is 0 Å². The Labute approximate surface area is 269 Å². The van der Waals surface area contributed by atoms with Gasteiger partial charge in [-0.05, 0) is 88.3 Å². The lowest BCUT2D eigenvalue weighted by Gasteiger charge is -2.45. The first-order chi connectivity index (χ1) is 22.6. The summed E-state index contributed by atoms with van der Waals surface area (Å²) < 4.78 is 6.58. The number of rotatable bonds is 4. The zero-order valence-electron chi connectivity index (χ0n) is 25.8. The number of nitrogens with zero attached hydrogens (tertiary/aromatic N) is 2. The molecule has 9 rings (SSSR count). The van der Waals surface area contributed by atoms with Crippen LogP contribution in [0.1, 0.15) is 25.0 Å². The van der Waals surface area contributed by atoms with E-state index in [1.54, 1.807) is 0 Å².